The highest BCUT2D eigenvalue weighted by molar-refractivity contribution is 7.98. The van der Waals surface area contributed by atoms with Gasteiger partial charge in [0.15, 0.2) is 0 Å². The molecule has 1 saturated heterocycles. The first-order valence-corrected chi connectivity index (χ1v) is 7.54. The van der Waals surface area contributed by atoms with E-state index < -0.39 is 0 Å². The molecule has 0 aromatic heterocycles. The Kier molecular flexibility index (Phi) is 4.33. The summed E-state index contributed by atoms with van der Waals surface area (Å²) in [5.74, 6) is -0.307. The van der Waals surface area contributed by atoms with Crippen LogP contribution in [0.5, 0.6) is 0 Å². The molecule has 1 heterocycles. The molecule has 100 valence electrons. The highest BCUT2D eigenvalue weighted by Crippen LogP contribution is 2.32. The number of anilines is 1. The summed E-state index contributed by atoms with van der Waals surface area (Å²) >= 11 is 1.54. The molecule has 1 aromatic carbocycles. The first-order chi connectivity index (χ1) is 9.19. The molecule has 0 aliphatic carbocycles. The normalized spacial score (nSPS) is 18.9. The van der Waals surface area contributed by atoms with Gasteiger partial charge in [0, 0.05) is 11.4 Å². The van der Waals surface area contributed by atoms with Gasteiger partial charge in [0.05, 0.1) is 11.3 Å². The number of carbonyl (C=O) groups is 1. The molecule has 1 unspecified atom stereocenters. The van der Waals surface area contributed by atoms with Crippen LogP contribution in [-0.4, -0.2) is 24.7 Å². The van der Waals surface area contributed by atoms with Crippen LogP contribution in [0, 0.1) is 11.3 Å². The molecule has 1 fully saturated rings. The number of piperidine rings is 1. The molecule has 1 aliphatic rings. The number of hydrogen-bond acceptors (Lipinski definition) is 4. The number of carbonyl (C=O) groups excluding carboxylic acids is 1. The topological polar surface area (TPSA) is 70.1 Å². The average Bonchev–Trinajstić information content (AvgIpc) is 2.46. The van der Waals surface area contributed by atoms with Crippen LogP contribution in [0.2, 0.25) is 0 Å². The highest BCUT2D eigenvalue weighted by atomic mass is 32.2. The van der Waals surface area contributed by atoms with Crippen LogP contribution in [0.4, 0.5) is 5.69 Å². The maximum Gasteiger partial charge on any atom is 0.240 e. The zero-order valence-electron chi connectivity index (χ0n) is 10.9. The molecule has 1 aliphatic heterocycles. The smallest absolute Gasteiger partial charge is 0.240 e. The second kappa shape index (κ2) is 5.98. The van der Waals surface area contributed by atoms with Gasteiger partial charge in [-0.25, -0.2) is 0 Å². The Bertz CT molecular complexity index is 524. The second-order valence-corrected chi connectivity index (χ2v) is 5.42. The lowest BCUT2D eigenvalue weighted by molar-refractivity contribution is -0.119. The number of primary amides is 1. The molecule has 1 aromatic rings. The van der Waals surface area contributed by atoms with Gasteiger partial charge in [-0.05, 0) is 37.7 Å². The summed E-state index contributed by atoms with van der Waals surface area (Å²) in [6, 6.07) is 7.72. The van der Waals surface area contributed by atoms with Crippen molar-refractivity contribution in [3.8, 4) is 6.07 Å². The number of hydrogen-bond donors (Lipinski definition) is 1. The van der Waals surface area contributed by atoms with Gasteiger partial charge in [-0.3, -0.25) is 4.79 Å². The fourth-order valence-corrected chi connectivity index (χ4v) is 3.13. The van der Waals surface area contributed by atoms with E-state index >= 15 is 0 Å². The second-order valence-electron chi connectivity index (χ2n) is 4.57. The predicted octanol–water partition coefficient (Wildman–Crippen LogP) is 2.12. The maximum absolute atomic E-state index is 11.6. The van der Waals surface area contributed by atoms with Crippen molar-refractivity contribution in [1.29, 1.82) is 5.26 Å². The molecule has 0 radical (unpaired) electrons. The van der Waals surface area contributed by atoms with Crippen LogP contribution >= 0.6 is 11.8 Å². The number of nitriles is 1. The molecule has 0 spiro atoms. The number of benzene rings is 1. The van der Waals surface area contributed by atoms with E-state index in [-0.39, 0.29) is 11.9 Å². The number of nitrogens with zero attached hydrogens (tertiary/aromatic N) is 2. The third-order valence-electron chi connectivity index (χ3n) is 3.48. The molecular formula is C14H17N3OS. The first-order valence-electron chi connectivity index (χ1n) is 6.32. The van der Waals surface area contributed by atoms with Crippen molar-refractivity contribution in [2.75, 3.05) is 17.7 Å². The van der Waals surface area contributed by atoms with Gasteiger partial charge in [0.25, 0.3) is 0 Å². The summed E-state index contributed by atoms with van der Waals surface area (Å²) in [7, 11) is 0. The van der Waals surface area contributed by atoms with Gasteiger partial charge in [-0.1, -0.05) is 6.07 Å². The highest BCUT2D eigenvalue weighted by Gasteiger charge is 2.29. The zero-order valence-corrected chi connectivity index (χ0v) is 11.7. The summed E-state index contributed by atoms with van der Waals surface area (Å²) in [6.07, 6.45) is 4.75. The molecule has 5 heteroatoms. The SMILES string of the molecule is CSc1cccc(N2CCCCC2C(N)=O)c1C#N. The van der Waals surface area contributed by atoms with E-state index in [1.807, 2.05) is 29.4 Å². The van der Waals surface area contributed by atoms with Crippen molar-refractivity contribution in [3.05, 3.63) is 23.8 Å². The van der Waals surface area contributed by atoms with Gasteiger partial charge < -0.3 is 10.6 Å². The minimum absolute atomic E-state index is 0.294. The Morgan fingerprint density at radius 3 is 2.95 bits per heavy atom. The molecule has 1 atom stereocenters. The summed E-state index contributed by atoms with van der Waals surface area (Å²) in [5.41, 5.74) is 6.96. The Labute approximate surface area is 117 Å². The van der Waals surface area contributed by atoms with Crippen LogP contribution in [0.15, 0.2) is 23.1 Å². The number of nitrogens with two attached hydrogens (primary N) is 1. The van der Waals surface area contributed by atoms with Gasteiger partial charge in [-0.15, -0.1) is 11.8 Å². The Morgan fingerprint density at radius 1 is 1.53 bits per heavy atom. The largest absolute Gasteiger partial charge is 0.368 e. The van der Waals surface area contributed by atoms with Gasteiger partial charge in [0.1, 0.15) is 12.1 Å². The quantitative estimate of drug-likeness (QED) is 0.858. The number of rotatable bonds is 3. The number of amides is 1. The molecule has 2 N–H and O–H groups in total. The van der Waals surface area contributed by atoms with Crippen LogP contribution in [0.1, 0.15) is 24.8 Å². The minimum Gasteiger partial charge on any atom is -0.368 e. The lowest BCUT2D eigenvalue weighted by Crippen LogP contribution is -2.48. The fraction of sp³-hybridized carbons (Fsp3) is 0.429. The molecule has 1 amide bonds. The van der Waals surface area contributed by atoms with Crippen molar-refractivity contribution >= 4 is 23.4 Å². The van der Waals surface area contributed by atoms with Crippen molar-refractivity contribution in [1.82, 2.24) is 0 Å². The summed E-state index contributed by atoms with van der Waals surface area (Å²) in [4.78, 5) is 14.5. The maximum atomic E-state index is 11.6. The summed E-state index contributed by atoms with van der Waals surface area (Å²) in [5, 5.41) is 9.38. The van der Waals surface area contributed by atoms with Crippen molar-refractivity contribution in [2.45, 2.75) is 30.2 Å². The van der Waals surface area contributed by atoms with E-state index in [1.54, 1.807) is 11.8 Å². The molecule has 19 heavy (non-hydrogen) atoms. The summed E-state index contributed by atoms with van der Waals surface area (Å²) < 4.78 is 0. The molecular weight excluding hydrogens is 258 g/mol. The standard InChI is InChI=1S/C14H17N3OS/c1-19-13-7-4-6-11(10(13)9-15)17-8-3-2-5-12(17)14(16)18/h4,6-7,12H,2-3,5,8H2,1H3,(H2,16,18). The van der Waals surface area contributed by atoms with E-state index in [9.17, 15) is 10.1 Å². The van der Waals surface area contributed by atoms with Crippen LogP contribution in [0.3, 0.4) is 0 Å². The van der Waals surface area contributed by atoms with E-state index in [1.165, 1.54) is 0 Å². The van der Waals surface area contributed by atoms with E-state index in [2.05, 4.69) is 6.07 Å². The Balaban J connectivity index is 2.45. The van der Waals surface area contributed by atoms with E-state index in [0.717, 1.165) is 36.4 Å². The summed E-state index contributed by atoms with van der Waals surface area (Å²) in [6.45, 7) is 0.778. The van der Waals surface area contributed by atoms with Crippen LogP contribution in [0.25, 0.3) is 0 Å². The molecule has 0 bridgehead atoms. The Hall–Kier alpha value is -1.67. The molecule has 4 nitrogen and oxygen atoms in total. The predicted molar refractivity (Wildman–Crippen MR) is 77.1 cm³/mol. The lowest BCUT2D eigenvalue weighted by atomic mass is 9.99. The van der Waals surface area contributed by atoms with Gasteiger partial charge >= 0.3 is 0 Å². The van der Waals surface area contributed by atoms with Crippen molar-refractivity contribution in [2.24, 2.45) is 5.73 Å². The van der Waals surface area contributed by atoms with Crippen molar-refractivity contribution < 1.29 is 4.79 Å². The van der Waals surface area contributed by atoms with E-state index in [4.69, 9.17) is 5.73 Å². The molecule has 2 rings (SSSR count). The van der Waals surface area contributed by atoms with Gasteiger partial charge in [-0.2, -0.15) is 5.26 Å². The number of thioether (sulfide) groups is 1. The first kappa shape index (κ1) is 13.8. The van der Waals surface area contributed by atoms with Gasteiger partial charge in [0.2, 0.25) is 5.91 Å². The fourth-order valence-electron chi connectivity index (χ4n) is 2.56. The lowest BCUT2D eigenvalue weighted by Gasteiger charge is -2.36. The molecule has 0 saturated carbocycles. The van der Waals surface area contributed by atoms with E-state index in [0.29, 0.717) is 5.56 Å². The average molecular weight is 275 g/mol. The van der Waals surface area contributed by atoms with Crippen LogP contribution in [-0.2, 0) is 4.79 Å². The zero-order chi connectivity index (χ0) is 13.8. The Morgan fingerprint density at radius 2 is 2.32 bits per heavy atom. The minimum atomic E-state index is -0.307. The monoisotopic (exact) mass is 275 g/mol. The van der Waals surface area contributed by atoms with Crippen molar-refractivity contribution in [3.63, 3.8) is 0 Å². The third kappa shape index (κ3) is 2.69. The third-order valence-corrected chi connectivity index (χ3v) is 4.26. The van der Waals surface area contributed by atoms with Crippen LogP contribution < -0.4 is 10.6 Å².